The lowest BCUT2D eigenvalue weighted by Crippen LogP contribution is -2.13. The van der Waals surface area contributed by atoms with Crippen molar-refractivity contribution in [1.82, 2.24) is 10.5 Å². The van der Waals surface area contributed by atoms with Crippen LogP contribution >= 0.6 is 11.6 Å². The molecule has 2 rings (SSSR count). The number of anilines is 1. The predicted octanol–water partition coefficient (Wildman–Crippen LogP) is 1.33. The highest BCUT2D eigenvalue weighted by molar-refractivity contribution is 6.31. The molecule has 1 aromatic rings. The monoisotopic (exact) mass is 187 g/mol. The topological polar surface area (TPSA) is 64.1 Å². The van der Waals surface area contributed by atoms with Gasteiger partial charge in [0, 0.05) is 0 Å². The van der Waals surface area contributed by atoms with Gasteiger partial charge in [-0.15, -0.1) is 0 Å². The molecule has 1 saturated heterocycles. The Morgan fingerprint density at radius 1 is 1.67 bits per heavy atom. The Hall–Kier alpha value is -0.740. The van der Waals surface area contributed by atoms with E-state index in [4.69, 9.17) is 21.9 Å². The van der Waals surface area contributed by atoms with Crippen LogP contribution in [0.5, 0.6) is 0 Å². The first kappa shape index (κ1) is 7.89. The lowest BCUT2D eigenvalue weighted by atomic mass is 10.1. The molecule has 0 amide bonds. The van der Waals surface area contributed by atoms with E-state index in [0.29, 0.717) is 11.4 Å². The molecule has 1 unspecified atom stereocenters. The summed E-state index contributed by atoms with van der Waals surface area (Å²) in [5.74, 6) is 0.678. The third-order valence-corrected chi connectivity index (χ3v) is 2.36. The Morgan fingerprint density at radius 2 is 2.50 bits per heavy atom. The molecule has 0 bridgehead atoms. The molecular weight excluding hydrogens is 178 g/mol. The van der Waals surface area contributed by atoms with Crippen LogP contribution in [0.1, 0.15) is 24.6 Å². The summed E-state index contributed by atoms with van der Waals surface area (Å²) in [6.45, 7) is 1.00. The Bertz CT molecular complexity index is 280. The number of halogens is 1. The van der Waals surface area contributed by atoms with Crippen molar-refractivity contribution >= 4 is 17.3 Å². The van der Waals surface area contributed by atoms with Gasteiger partial charge < -0.3 is 15.6 Å². The highest BCUT2D eigenvalue weighted by atomic mass is 35.5. The van der Waals surface area contributed by atoms with E-state index in [1.807, 2.05) is 0 Å². The molecule has 1 aromatic heterocycles. The minimum atomic E-state index is 0.199. The summed E-state index contributed by atoms with van der Waals surface area (Å²) in [6.07, 6.45) is 2.18. The average Bonchev–Trinajstić information content (AvgIpc) is 2.64. The van der Waals surface area contributed by atoms with Crippen LogP contribution in [0.2, 0.25) is 5.15 Å². The first-order valence-electron chi connectivity index (χ1n) is 3.93. The molecule has 12 heavy (non-hydrogen) atoms. The summed E-state index contributed by atoms with van der Waals surface area (Å²) in [5.41, 5.74) is 6.12. The SMILES string of the molecule is Nc1c(Cl)noc1C1CCCN1. The second-order valence-electron chi connectivity index (χ2n) is 2.90. The van der Waals surface area contributed by atoms with Crippen molar-refractivity contribution in [2.75, 3.05) is 12.3 Å². The number of nitrogens with one attached hydrogen (secondary N) is 1. The number of hydrogen-bond donors (Lipinski definition) is 2. The Balaban J connectivity index is 2.26. The van der Waals surface area contributed by atoms with Crippen LogP contribution in [0.3, 0.4) is 0 Å². The molecule has 1 atom stereocenters. The summed E-state index contributed by atoms with van der Waals surface area (Å²) in [7, 11) is 0. The van der Waals surface area contributed by atoms with Gasteiger partial charge in [0.1, 0.15) is 5.69 Å². The van der Waals surface area contributed by atoms with Gasteiger partial charge in [0.15, 0.2) is 10.9 Å². The zero-order valence-corrected chi connectivity index (χ0v) is 7.27. The molecule has 4 nitrogen and oxygen atoms in total. The molecule has 0 radical (unpaired) electrons. The van der Waals surface area contributed by atoms with Crippen molar-refractivity contribution in [2.24, 2.45) is 0 Å². The fourth-order valence-corrected chi connectivity index (χ4v) is 1.58. The van der Waals surface area contributed by atoms with E-state index in [9.17, 15) is 0 Å². The van der Waals surface area contributed by atoms with Gasteiger partial charge in [-0.25, -0.2) is 0 Å². The van der Waals surface area contributed by atoms with Gasteiger partial charge in [-0.2, -0.15) is 0 Å². The van der Waals surface area contributed by atoms with E-state index in [-0.39, 0.29) is 11.2 Å². The van der Waals surface area contributed by atoms with Gasteiger partial charge in [-0.3, -0.25) is 0 Å². The normalized spacial score (nSPS) is 23.2. The average molecular weight is 188 g/mol. The number of rotatable bonds is 1. The summed E-state index contributed by atoms with van der Waals surface area (Å²) in [5, 5.41) is 7.10. The van der Waals surface area contributed by atoms with Gasteiger partial charge in [0.2, 0.25) is 0 Å². The zero-order chi connectivity index (χ0) is 8.55. The minimum absolute atomic E-state index is 0.199. The van der Waals surface area contributed by atoms with E-state index < -0.39 is 0 Å². The maximum atomic E-state index is 5.65. The Kier molecular flexibility index (Phi) is 1.94. The fourth-order valence-electron chi connectivity index (χ4n) is 1.45. The summed E-state index contributed by atoms with van der Waals surface area (Å²) < 4.78 is 5.01. The van der Waals surface area contributed by atoms with Crippen LogP contribution in [0.25, 0.3) is 0 Å². The predicted molar refractivity (Wildman–Crippen MR) is 45.9 cm³/mol. The maximum Gasteiger partial charge on any atom is 0.195 e. The van der Waals surface area contributed by atoms with E-state index >= 15 is 0 Å². The molecule has 5 heteroatoms. The molecule has 0 saturated carbocycles. The van der Waals surface area contributed by atoms with E-state index in [0.717, 1.165) is 19.4 Å². The summed E-state index contributed by atoms with van der Waals surface area (Å²) in [4.78, 5) is 0. The standard InChI is InChI=1S/C7H10ClN3O/c8-7-5(9)6(12-11-7)4-2-1-3-10-4/h4,10H,1-3,9H2. The molecule has 0 aliphatic carbocycles. The third-order valence-electron chi connectivity index (χ3n) is 2.09. The van der Waals surface area contributed by atoms with E-state index in [2.05, 4.69) is 10.5 Å². The summed E-state index contributed by atoms with van der Waals surface area (Å²) in [6, 6.07) is 0.199. The smallest absolute Gasteiger partial charge is 0.195 e. The second-order valence-corrected chi connectivity index (χ2v) is 3.26. The highest BCUT2D eigenvalue weighted by Gasteiger charge is 2.24. The minimum Gasteiger partial charge on any atom is -0.393 e. The van der Waals surface area contributed by atoms with Gasteiger partial charge in [-0.05, 0) is 19.4 Å². The van der Waals surface area contributed by atoms with Crippen LogP contribution < -0.4 is 11.1 Å². The van der Waals surface area contributed by atoms with Gasteiger partial charge in [-0.1, -0.05) is 16.8 Å². The highest BCUT2D eigenvalue weighted by Crippen LogP contribution is 2.31. The molecule has 1 fully saturated rings. The number of aromatic nitrogens is 1. The van der Waals surface area contributed by atoms with Gasteiger partial charge in [0.05, 0.1) is 6.04 Å². The molecule has 1 aliphatic heterocycles. The Morgan fingerprint density at radius 3 is 3.00 bits per heavy atom. The quantitative estimate of drug-likeness (QED) is 0.697. The van der Waals surface area contributed by atoms with Gasteiger partial charge >= 0.3 is 0 Å². The van der Waals surface area contributed by atoms with Gasteiger partial charge in [0.25, 0.3) is 0 Å². The molecule has 2 heterocycles. The van der Waals surface area contributed by atoms with Crippen molar-refractivity contribution in [1.29, 1.82) is 0 Å². The first-order chi connectivity index (χ1) is 5.79. The third kappa shape index (κ3) is 1.17. The molecular formula is C7H10ClN3O. The van der Waals surface area contributed by atoms with Crippen molar-refractivity contribution in [3.05, 3.63) is 10.9 Å². The number of hydrogen-bond acceptors (Lipinski definition) is 4. The lowest BCUT2D eigenvalue weighted by Gasteiger charge is -2.04. The van der Waals surface area contributed by atoms with Crippen LogP contribution in [0.15, 0.2) is 4.52 Å². The summed E-state index contributed by atoms with van der Waals surface area (Å²) >= 11 is 5.65. The van der Waals surface area contributed by atoms with Crippen molar-refractivity contribution in [3.63, 3.8) is 0 Å². The maximum absolute atomic E-state index is 5.65. The van der Waals surface area contributed by atoms with Crippen molar-refractivity contribution in [3.8, 4) is 0 Å². The second kappa shape index (κ2) is 2.95. The first-order valence-corrected chi connectivity index (χ1v) is 4.31. The van der Waals surface area contributed by atoms with Crippen LogP contribution in [-0.4, -0.2) is 11.7 Å². The van der Waals surface area contributed by atoms with E-state index in [1.165, 1.54) is 0 Å². The number of nitrogen functional groups attached to an aromatic ring is 1. The number of nitrogens with two attached hydrogens (primary N) is 1. The molecule has 0 aromatic carbocycles. The van der Waals surface area contributed by atoms with Crippen LogP contribution in [0.4, 0.5) is 5.69 Å². The van der Waals surface area contributed by atoms with E-state index in [1.54, 1.807) is 0 Å². The molecule has 66 valence electrons. The molecule has 3 N–H and O–H groups in total. The fraction of sp³-hybridized carbons (Fsp3) is 0.571. The molecule has 0 spiro atoms. The van der Waals surface area contributed by atoms with Crippen LogP contribution in [0, 0.1) is 0 Å². The van der Waals surface area contributed by atoms with Crippen molar-refractivity contribution in [2.45, 2.75) is 18.9 Å². The van der Waals surface area contributed by atoms with Crippen LogP contribution in [-0.2, 0) is 0 Å². The van der Waals surface area contributed by atoms with Crippen molar-refractivity contribution < 1.29 is 4.52 Å². The Labute approximate surface area is 75.0 Å². The molecule has 1 aliphatic rings. The zero-order valence-electron chi connectivity index (χ0n) is 6.51. The number of nitrogens with zero attached hydrogens (tertiary/aromatic N) is 1. The lowest BCUT2D eigenvalue weighted by molar-refractivity contribution is 0.353. The largest absolute Gasteiger partial charge is 0.393 e.